The predicted octanol–water partition coefficient (Wildman–Crippen LogP) is 42.6. The van der Waals surface area contributed by atoms with Gasteiger partial charge in [0.15, 0.2) is 0 Å². The van der Waals surface area contributed by atoms with Crippen LogP contribution in [0.2, 0.25) is 0 Å². The Hall–Kier alpha value is -16.7. The van der Waals surface area contributed by atoms with Crippen LogP contribution in [0.15, 0.2) is 473 Å². The van der Waals surface area contributed by atoms with Gasteiger partial charge in [0.2, 0.25) is 0 Å². The van der Waals surface area contributed by atoms with Gasteiger partial charge in [-0.15, -0.1) is 90.7 Å². The Morgan fingerprint density at radius 3 is 0.993 bits per heavy atom. The highest BCUT2D eigenvalue weighted by atomic mass is 32.2. The van der Waals surface area contributed by atoms with Crippen molar-refractivity contribution in [2.45, 2.75) is 0 Å². The number of hydrogen-bond acceptors (Lipinski definition) is 8. The average Bonchev–Trinajstić information content (AvgIpc) is 1.54. The van der Waals surface area contributed by atoms with Crippen LogP contribution in [0.1, 0.15) is 0 Å². The average molecular weight is 2020 g/mol. The van der Waals surface area contributed by atoms with Gasteiger partial charge in [-0.25, -0.2) is 0 Å². The van der Waals surface area contributed by atoms with E-state index in [1.165, 1.54) is 304 Å². The summed E-state index contributed by atoms with van der Waals surface area (Å²) >= 11 is 15.4. The van der Waals surface area contributed by atoms with E-state index in [9.17, 15) is 0 Å². The quantitative estimate of drug-likeness (QED) is 0.158. The highest BCUT2D eigenvalue weighted by Crippen LogP contribution is 2.55. The van der Waals surface area contributed by atoms with Crippen LogP contribution in [0.25, 0.3) is 304 Å². The van der Waals surface area contributed by atoms with Crippen LogP contribution >= 0.6 is 90.7 Å². The Morgan fingerprint density at radius 1 is 0.135 bits per heavy atom. The molecule has 4 nitrogen and oxygen atoms in total. The molecule has 0 N–H and O–H groups in total. The monoisotopic (exact) mass is 2020 g/mol. The van der Waals surface area contributed by atoms with E-state index in [-0.39, 0.29) is 0 Å². The third-order valence-corrected chi connectivity index (χ3v) is 40.5. The largest absolute Gasteiger partial charge is 0.309 e. The van der Waals surface area contributed by atoms with Crippen molar-refractivity contribution in [3.05, 3.63) is 473 Å². The first-order valence-corrected chi connectivity index (χ1v) is 56.6. The van der Waals surface area contributed by atoms with Crippen LogP contribution in [0.5, 0.6) is 0 Å². The van der Waals surface area contributed by atoms with Gasteiger partial charge >= 0.3 is 0 Å². The molecule has 0 aliphatic heterocycles. The van der Waals surface area contributed by atoms with Gasteiger partial charge in [-0.1, -0.05) is 346 Å². The normalized spacial score (nSPS) is 12.2. The van der Waals surface area contributed by atoms with Crippen LogP contribution in [0.4, 0.5) is 0 Å². The van der Waals surface area contributed by atoms with Crippen molar-refractivity contribution in [2.24, 2.45) is 0 Å². The number of fused-ring (bicyclic) bond motifs is 40. The summed E-state index contributed by atoms with van der Waals surface area (Å²) < 4.78 is 26.5. The molecule has 12 heteroatoms. The van der Waals surface area contributed by atoms with Crippen molar-refractivity contribution in [3.8, 4) is 45.0 Å². The van der Waals surface area contributed by atoms with Gasteiger partial charge in [-0.3, -0.25) is 0 Å². The molecule has 0 bridgehead atoms. The van der Waals surface area contributed by atoms with Crippen LogP contribution in [-0.4, -0.2) is 18.3 Å². The second kappa shape index (κ2) is 33.4. The first-order chi connectivity index (χ1) is 73.4. The molecule has 0 unspecified atom stereocenters. The fraction of sp³-hybridized carbons (Fsp3) is 0. The maximum Gasteiger partial charge on any atom is 0.0891 e. The van der Waals surface area contributed by atoms with Crippen LogP contribution in [0, 0.1) is 0 Å². The zero-order valence-electron chi connectivity index (χ0n) is 79.1. The fourth-order valence-electron chi connectivity index (χ4n) is 24.0. The van der Waals surface area contributed by atoms with Gasteiger partial charge in [-0.2, -0.15) is 0 Å². The molecule has 0 aliphatic carbocycles. The maximum absolute atomic E-state index is 2.49. The summed E-state index contributed by atoms with van der Waals surface area (Å²) in [5.74, 6) is 0. The number of para-hydroxylation sites is 4. The molecule has 690 valence electrons. The van der Waals surface area contributed by atoms with Crippen molar-refractivity contribution < 1.29 is 0 Å². The van der Waals surface area contributed by atoms with Gasteiger partial charge in [0.1, 0.15) is 0 Å². The van der Waals surface area contributed by atoms with E-state index < -0.39 is 0 Å². The van der Waals surface area contributed by atoms with E-state index in [2.05, 4.69) is 491 Å². The topological polar surface area (TPSA) is 19.7 Å². The molecule has 148 heavy (non-hydrogen) atoms. The number of rotatable bonds is 6. The zero-order valence-corrected chi connectivity index (χ0v) is 85.6. The van der Waals surface area contributed by atoms with Gasteiger partial charge < -0.3 is 18.3 Å². The maximum atomic E-state index is 2.49. The smallest absolute Gasteiger partial charge is 0.0891 e. The Bertz CT molecular complexity index is 11700. The number of aromatic nitrogens is 4. The fourth-order valence-corrected chi connectivity index (χ4v) is 34.8. The molecular weight excluding hydrogens is 1950 g/mol. The van der Waals surface area contributed by atoms with Crippen molar-refractivity contribution in [1.29, 1.82) is 0 Å². The molecule has 23 aromatic carbocycles. The Kier molecular flexibility index (Phi) is 19.1. The molecule has 0 saturated heterocycles. The third-order valence-electron chi connectivity index (χ3n) is 30.6. The van der Waals surface area contributed by atoms with Crippen molar-refractivity contribution >= 4 is 350 Å². The first kappa shape index (κ1) is 84.6. The van der Waals surface area contributed by atoms with E-state index in [0.717, 1.165) is 0 Å². The summed E-state index contributed by atoms with van der Waals surface area (Å²) in [6.07, 6.45) is 0. The van der Waals surface area contributed by atoms with Gasteiger partial charge in [-0.05, 0) is 204 Å². The highest BCUT2D eigenvalue weighted by Gasteiger charge is 2.27. The molecule has 35 rings (SSSR count). The first-order valence-electron chi connectivity index (χ1n) is 50.0. The molecule has 12 aromatic heterocycles. The molecule has 0 spiro atoms. The minimum atomic E-state index is 1.20. The van der Waals surface area contributed by atoms with E-state index in [1.54, 1.807) is 0 Å². The lowest BCUT2D eigenvalue weighted by Crippen LogP contribution is -1.94. The lowest BCUT2D eigenvalue weighted by Gasteiger charge is -2.12. The zero-order chi connectivity index (χ0) is 96.6. The standard InChI is InChI=1S/C40H23NS2.C36H21NS2.2C30H17NS2/c1-2-8-25-21-26(14-13-24(25)7-1)27-15-16-29-23-30(18-17-28(29)22-27)41-35-11-5-3-9-31(35)32-19-20-34-37-33-10-4-6-12-36(33)42-40(37)43-39(34)38(32)41;1-2-13-25-22(9-1)10-8-16-26(25)23-11-7-12-24(21-23)37-31-17-5-3-14-27(31)28-19-20-30-33-29-15-4-6-18-32(29)38-36(33)39-35(30)34(28)37;1-2-8-19-15-20(14-13-18(19)7-1)31-25-11-5-3-9-21(25)23-16-24-28(17-26(23)31)33-30-29(24)22-10-4-6-12-27(22)32-30;1-2-8-19-17-20(14-13-18(19)7-1)31-24-11-5-3-9-21(24)28-25(31)16-15-23-27-22-10-4-6-12-26(22)32-30(27)33-29(23)28/h1-23H;1-21H;2*1-17H. The summed E-state index contributed by atoms with van der Waals surface area (Å²) in [5, 5.41) is 39.8. The summed E-state index contributed by atoms with van der Waals surface area (Å²) in [4.78, 5) is 0. The minimum absolute atomic E-state index is 1.20. The molecule has 0 atom stereocenters. The summed E-state index contributed by atoms with van der Waals surface area (Å²) in [7, 11) is 0. The number of thiophene rings is 8. The van der Waals surface area contributed by atoms with Crippen LogP contribution in [-0.2, 0) is 0 Å². The minimum Gasteiger partial charge on any atom is -0.309 e. The Balaban J connectivity index is 0.0000000880. The van der Waals surface area contributed by atoms with Gasteiger partial charge in [0, 0.05) is 159 Å². The SMILES string of the molecule is c1cc(-c2cccc3ccccc23)cc(-n2c3ccccc3c3ccc4c(sc5sc6ccccc6c54)c32)c1.c1ccc2cc(-c3ccc4cc(-n5c6ccccc6c6ccc7c(sc8sc9ccccc9c87)c65)ccc4c3)ccc2c1.c1ccc2cc(-n3c4ccccc4c4c5sc6sc7ccccc7c6c5ccc43)ccc2c1.c1ccc2cc(-n3c4ccccc4c4cc5c(cc43)sc3sc4ccccc4c35)ccc2c1. The van der Waals surface area contributed by atoms with Crippen LogP contribution < -0.4 is 0 Å². The molecule has 0 saturated carbocycles. The highest BCUT2D eigenvalue weighted by molar-refractivity contribution is 7.47. The molecule has 35 aromatic rings. The lowest BCUT2D eigenvalue weighted by atomic mass is 9.98. The summed E-state index contributed by atoms with van der Waals surface area (Å²) in [6.45, 7) is 0. The summed E-state index contributed by atoms with van der Waals surface area (Å²) in [5.41, 5.74) is 20.0. The van der Waals surface area contributed by atoms with Gasteiger partial charge in [0.25, 0.3) is 0 Å². The van der Waals surface area contributed by atoms with E-state index in [0.29, 0.717) is 0 Å². The van der Waals surface area contributed by atoms with E-state index in [4.69, 9.17) is 0 Å². The number of hydrogen-bond donors (Lipinski definition) is 0. The molecular formula is C136H78N4S8. The second-order valence-corrected chi connectivity index (χ2v) is 48.0. The Labute approximate surface area is 878 Å². The second-order valence-electron chi connectivity index (χ2n) is 38.7. The summed E-state index contributed by atoms with van der Waals surface area (Å²) in [6, 6.07) is 174. The number of nitrogens with zero attached hydrogens (tertiary/aromatic N) is 4. The van der Waals surface area contributed by atoms with Crippen LogP contribution in [0.3, 0.4) is 0 Å². The molecule has 0 aliphatic rings. The molecule has 0 radical (unpaired) electrons. The van der Waals surface area contributed by atoms with Crippen molar-refractivity contribution in [2.75, 3.05) is 0 Å². The molecule has 0 fully saturated rings. The van der Waals surface area contributed by atoms with Gasteiger partial charge in [0.05, 0.1) is 69.6 Å². The predicted molar refractivity (Wildman–Crippen MR) is 655 cm³/mol. The lowest BCUT2D eigenvalue weighted by molar-refractivity contribution is 1.19. The Morgan fingerprint density at radius 2 is 0.466 bits per heavy atom. The van der Waals surface area contributed by atoms with E-state index >= 15 is 0 Å². The van der Waals surface area contributed by atoms with Crippen molar-refractivity contribution in [1.82, 2.24) is 18.3 Å². The molecule has 0 amide bonds. The number of benzene rings is 23. The van der Waals surface area contributed by atoms with Crippen molar-refractivity contribution in [3.63, 3.8) is 0 Å². The molecule has 12 heterocycles. The van der Waals surface area contributed by atoms with E-state index in [1.807, 2.05) is 90.7 Å². The third kappa shape index (κ3) is 13.1.